The Kier molecular flexibility index (Phi) is 5.88. The second-order valence-corrected chi connectivity index (χ2v) is 7.15. The predicted molar refractivity (Wildman–Crippen MR) is 79.5 cm³/mol. The van der Waals surface area contributed by atoms with Gasteiger partial charge in [0, 0.05) is 25.2 Å². The molecule has 4 nitrogen and oxygen atoms in total. The zero-order valence-corrected chi connectivity index (χ0v) is 13.7. The second kappa shape index (κ2) is 6.74. The Balaban J connectivity index is 0.00000242. The van der Waals surface area contributed by atoms with E-state index in [1.165, 1.54) is 10.4 Å². The summed E-state index contributed by atoms with van der Waals surface area (Å²) in [6.45, 7) is 4.27. The molecule has 9 heteroatoms. The molecule has 22 heavy (non-hydrogen) atoms. The van der Waals surface area contributed by atoms with E-state index in [2.05, 4.69) is 5.32 Å². The third kappa shape index (κ3) is 3.92. The van der Waals surface area contributed by atoms with Crippen LogP contribution >= 0.6 is 12.4 Å². The molecule has 0 spiro atoms. The van der Waals surface area contributed by atoms with E-state index in [9.17, 15) is 21.6 Å². The highest BCUT2D eigenvalue weighted by Crippen LogP contribution is 2.31. The Morgan fingerprint density at radius 2 is 1.91 bits per heavy atom. The first-order chi connectivity index (χ1) is 9.62. The van der Waals surface area contributed by atoms with Gasteiger partial charge in [0.2, 0.25) is 10.0 Å². The van der Waals surface area contributed by atoms with Gasteiger partial charge in [0.05, 0.1) is 10.5 Å². The lowest BCUT2D eigenvalue weighted by Gasteiger charge is -2.36. The van der Waals surface area contributed by atoms with Crippen molar-refractivity contribution in [2.45, 2.75) is 37.0 Å². The number of nitrogens with zero attached hydrogens (tertiary/aromatic N) is 1. The van der Waals surface area contributed by atoms with E-state index >= 15 is 0 Å². The molecule has 1 aromatic rings. The molecule has 126 valence electrons. The number of alkyl halides is 3. The van der Waals surface area contributed by atoms with Crippen molar-refractivity contribution in [1.82, 2.24) is 9.62 Å². The van der Waals surface area contributed by atoms with Gasteiger partial charge in [-0.1, -0.05) is 6.07 Å². The fourth-order valence-corrected chi connectivity index (χ4v) is 4.06. The van der Waals surface area contributed by atoms with Gasteiger partial charge in [-0.15, -0.1) is 12.4 Å². The third-order valence-electron chi connectivity index (χ3n) is 3.48. The van der Waals surface area contributed by atoms with Crippen molar-refractivity contribution in [3.05, 3.63) is 29.8 Å². The van der Waals surface area contributed by atoms with Crippen molar-refractivity contribution >= 4 is 22.4 Å². The van der Waals surface area contributed by atoms with Crippen LogP contribution in [0, 0.1) is 0 Å². The summed E-state index contributed by atoms with van der Waals surface area (Å²) in [4.78, 5) is -0.321. The molecule has 1 fully saturated rings. The van der Waals surface area contributed by atoms with Crippen molar-refractivity contribution in [1.29, 1.82) is 0 Å². The van der Waals surface area contributed by atoms with Gasteiger partial charge in [-0.3, -0.25) is 0 Å². The van der Waals surface area contributed by atoms with E-state index in [0.717, 1.165) is 12.1 Å². The molecule has 1 aromatic carbocycles. The van der Waals surface area contributed by atoms with Gasteiger partial charge < -0.3 is 5.32 Å². The van der Waals surface area contributed by atoms with Crippen molar-refractivity contribution in [3.63, 3.8) is 0 Å². The highest BCUT2D eigenvalue weighted by atomic mass is 35.5. The van der Waals surface area contributed by atoms with E-state index in [1.54, 1.807) is 6.92 Å². The molecule has 1 N–H and O–H groups in total. The number of hydrogen-bond acceptors (Lipinski definition) is 3. The Hall–Kier alpha value is -0.830. The standard InChI is InChI=1S/C13H17F3N2O2S.ClH/c1-9-8-18(10(2)7-17-9)21(19,20)12-5-3-4-11(6-12)13(14,15)16;/h3-6,9-10,17H,7-8H2,1-2H3;1H. The summed E-state index contributed by atoms with van der Waals surface area (Å²) in [5, 5.41) is 3.13. The van der Waals surface area contributed by atoms with Crippen LogP contribution in [-0.2, 0) is 16.2 Å². The largest absolute Gasteiger partial charge is 0.416 e. The zero-order chi connectivity index (χ0) is 15.8. The summed E-state index contributed by atoms with van der Waals surface area (Å²) < 4.78 is 64.5. The minimum absolute atomic E-state index is 0. The maximum absolute atomic E-state index is 12.7. The van der Waals surface area contributed by atoms with E-state index < -0.39 is 21.8 Å². The summed E-state index contributed by atoms with van der Waals surface area (Å²) in [5.74, 6) is 0. The molecule has 1 heterocycles. The molecule has 1 aliphatic heterocycles. The number of nitrogens with one attached hydrogen (secondary N) is 1. The van der Waals surface area contributed by atoms with Crippen LogP contribution in [0.3, 0.4) is 0 Å². The molecule has 0 bridgehead atoms. The van der Waals surface area contributed by atoms with Gasteiger partial charge in [0.1, 0.15) is 0 Å². The summed E-state index contributed by atoms with van der Waals surface area (Å²) in [6, 6.07) is 3.52. The summed E-state index contributed by atoms with van der Waals surface area (Å²) in [7, 11) is -3.93. The number of hydrogen-bond donors (Lipinski definition) is 1. The van der Waals surface area contributed by atoms with Crippen LogP contribution in [0.5, 0.6) is 0 Å². The lowest BCUT2D eigenvalue weighted by atomic mass is 10.2. The van der Waals surface area contributed by atoms with Gasteiger partial charge in [-0.25, -0.2) is 8.42 Å². The van der Waals surface area contributed by atoms with Crippen LogP contribution in [0.2, 0.25) is 0 Å². The first-order valence-corrected chi connectivity index (χ1v) is 7.99. The average Bonchev–Trinajstić information content (AvgIpc) is 2.40. The molecule has 0 saturated carbocycles. The molecule has 1 saturated heterocycles. The second-order valence-electron chi connectivity index (χ2n) is 5.26. The first-order valence-electron chi connectivity index (χ1n) is 6.55. The molecular formula is C13H18ClF3N2O2S. The van der Waals surface area contributed by atoms with Crippen LogP contribution in [0.15, 0.2) is 29.2 Å². The first kappa shape index (κ1) is 19.2. The predicted octanol–water partition coefficient (Wildman–Crippen LogP) is 2.50. The number of rotatable bonds is 2. The highest BCUT2D eigenvalue weighted by Gasteiger charge is 2.36. The van der Waals surface area contributed by atoms with Crippen LogP contribution < -0.4 is 5.32 Å². The Morgan fingerprint density at radius 3 is 2.50 bits per heavy atom. The number of piperazine rings is 1. The molecule has 2 atom stereocenters. The quantitative estimate of drug-likeness (QED) is 0.883. The maximum Gasteiger partial charge on any atom is 0.416 e. The molecule has 2 rings (SSSR count). The van der Waals surface area contributed by atoms with Gasteiger partial charge in [-0.05, 0) is 32.0 Å². The van der Waals surface area contributed by atoms with Gasteiger partial charge in [0.15, 0.2) is 0 Å². The Morgan fingerprint density at radius 1 is 1.27 bits per heavy atom. The van der Waals surface area contributed by atoms with Crippen LogP contribution in [0.25, 0.3) is 0 Å². The fraction of sp³-hybridized carbons (Fsp3) is 0.538. The molecule has 0 aromatic heterocycles. The molecule has 0 radical (unpaired) electrons. The van der Waals surface area contributed by atoms with E-state index in [-0.39, 0.29) is 35.9 Å². The maximum atomic E-state index is 12.7. The van der Waals surface area contributed by atoms with Gasteiger partial charge in [-0.2, -0.15) is 17.5 Å². The average molecular weight is 359 g/mol. The molecule has 2 unspecified atom stereocenters. The molecular weight excluding hydrogens is 341 g/mol. The summed E-state index contributed by atoms with van der Waals surface area (Å²) in [5.41, 5.74) is -0.959. The third-order valence-corrected chi connectivity index (χ3v) is 5.45. The SMILES string of the molecule is CC1CN(S(=O)(=O)c2cccc(C(F)(F)F)c2)C(C)CN1.Cl. The zero-order valence-electron chi connectivity index (χ0n) is 12.1. The van der Waals surface area contributed by atoms with Crippen molar-refractivity contribution in [2.75, 3.05) is 13.1 Å². The molecule has 1 aliphatic rings. The topological polar surface area (TPSA) is 49.4 Å². The molecule has 0 amide bonds. The number of sulfonamides is 1. The highest BCUT2D eigenvalue weighted by molar-refractivity contribution is 7.89. The Bertz CT molecular complexity index is 622. The minimum atomic E-state index is -4.56. The van der Waals surface area contributed by atoms with Crippen molar-refractivity contribution in [3.8, 4) is 0 Å². The smallest absolute Gasteiger partial charge is 0.311 e. The molecule has 0 aliphatic carbocycles. The van der Waals surface area contributed by atoms with Crippen LogP contribution in [0.1, 0.15) is 19.4 Å². The van der Waals surface area contributed by atoms with E-state index in [0.29, 0.717) is 12.6 Å². The van der Waals surface area contributed by atoms with Crippen molar-refractivity contribution < 1.29 is 21.6 Å². The van der Waals surface area contributed by atoms with E-state index in [1.807, 2.05) is 6.92 Å². The van der Waals surface area contributed by atoms with Crippen LogP contribution in [0.4, 0.5) is 13.2 Å². The lowest BCUT2D eigenvalue weighted by molar-refractivity contribution is -0.137. The normalized spacial score (nSPS) is 23.9. The van der Waals surface area contributed by atoms with Gasteiger partial charge in [0.25, 0.3) is 0 Å². The van der Waals surface area contributed by atoms with Gasteiger partial charge >= 0.3 is 6.18 Å². The number of halogens is 4. The lowest BCUT2D eigenvalue weighted by Crippen LogP contribution is -2.56. The van der Waals surface area contributed by atoms with Crippen molar-refractivity contribution in [2.24, 2.45) is 0 Å². The monoisotopic (exact) mass is 358 g/mol. The Labute approximate surface area is 134 Å². The number of benzene rings is 1. The summed E-state index contributed by atoms with van der Waals surface area (Å²) in [6.07, 6.45) is -4.56. The van der Waals surface area contributed by atoms with Crippen LogP contribution in [-0.4, -0.2) is 37.9 Å². The van der Waals surface area contributed by atoms with E-state index in [4.69, 9.17) is 0 Å². The minimum Gasteiger partial charge on any atom is -0.311 e. The fourth-order valence-electron chi connectivity index (χ4n) is 2.29. The summed E-state index contributed by atoms with van der Waals surface area (Å²) >= 11 is 0.